The lowest BCUT2D eigenvalue weighted by Gasteiger charge is -2.23. The number of benzene rings is 1. The lowest BCUT2D eigenvalue weighted by molar-refractivity contribution is -0.130. The third kappa shape index (κ3) is 3.09. The zero-order valence-electron chi connectivity index (χ0n) is 10.6. The maximum Gasteiger partial charge on any atom is 0.236 e. The SMILES string of the molecule is CCN(CCCBr)C(=O)C1Cc2ccccc2S1. The van der Waals surface area contributed by atoms with E-state index in [-0.39, 0.29) is 5.25 Å². The van der Waals surface area contributed by atoms with Gasteiger partial charge in [-0.15, -0.1) is 11.8 Å². The Morgan fingerprint density at radius 2 is 2.28 bits per heavy atom. The Labute approximate surface area is 121 Å². The average molecular weight is 328 g/mol. The Hall–Kier alpha value is -0.480. The van der Waals surface area contributed by atoms with Crippen LogP contribution in [0.2, 0.25) is 0 Å². The molecule has 2 nitrogen and oxygen atoms in total. The van der Waals surface area contributed by atoms with E-state index in [1.165, 1.54) is 10.5 Å². The summed E-state index contributed by atoms with van der Waals surface area (Å²) in [5.74, 6) is 0.291. The first-order valence-electron chi connectivity index (χ1n) is 6.35. The molecule has 4 heteroatoms. The average Bonchev–Trinajstić information content (AvgIpc) is 2.83. The number of carbonyl (C=O) groups excluding carboxylic acids is 1. The van der Waals surface area contributed by atoms with E-state index in [9.17, 15) is 4.79 Å². The molecule has 1 heterocycles. The smallest absolute Gasteiger partial charge is 0.236 e. The van der Waals surface area contributed by atoms with Gasteiger partial charge in [0.05, 0.1) is 5.25 Å². The number of halogens is 1. The van der Waals surface area contributed by atoms with E-state index in [0.29, 0.717) is 5.91 Å². The lowest BCUT2D eigenvalue weighted by atomic mass is 10.1. The van der Waals surface area contributed by atoms with Gasteiger partial charge in [-0.2, -0.15) is 0 Å². The van der Waals surface area contributed by atoms with Gasteiger partial charge in [-0.25, -0.2) is 0 Å². The van der Waals surface area contributed by atoms with Crippen LogP contribution in [0.1, 0.15) is 18.9 Å². The minimum absolute atomic E-state index is 0.0812. The second-order valence-electron chi connectivity index (χ2n) is 4.38. The molecule has 1 amide bonds. The molecule has 1 atom stereocenters. The number of amides is 1. The number of hydrogen-bond acceptors (Lipinski definition) is 2. The van der Waals surface area contributed by atoms with Crippen molar-refractivity contribution in [3.63, 3.8) is 0 Å². The highest BCUT2D eigenvalue weighted by atomic mass is 79.9. The summed E-state index contributed by atoms with van der Waals surface area (Å²) in [5.41, 5.74) is 1.32. The number of alkyl halides is 1. The van der Waals surface area contributed by atoms with Gasteiger partial charge in [-0.1, -0.05) is 34.1 Å². The van der Waals surface area contributed by atoms with E-state index in [1.54, 1.807) is 11.8 Å². The van der Waals surface area contributed by atoms with Crippen LogP contribution in [0.25, 0.3) is 0 Å². The lowest BCUT2D eigenvalue weighted by Crippen LogP contribution is -2.38. The van der Waals surface area contributed by atoms with Gasteiger partial charge >= 0.3 is 0 Å². The van der Waals surface area contributed by atoms with Crippen molar-refractivity contribution in [3.05, 3.63) is 29.8 Å². The Balaban J connectivity index is 1.99. The van der Waals surface area contributed by atoms with Crippen LogP contribution in [0.4, 0.5) is 0 Å². The van der Waals surface area contributed by atoms with Crippen molar-refractivity contribution in [1.82, 2.24) is 4.90 Å². The molecule has 1 unspecified atom stereocenters. The van der Waals surface area contributed by atoms with Gasteiger partial charge in [0.25, 0.3) is 0 Å². The van der Waals surface area contributed by atoms with Crippen molar-refractivity contribution in [2.24, 2.45) is 0 Å². The van der Waals surface area contributed by atoms with Crippen LogP contribution >= 0.6 is 27.7 Å². The van der Waals surface area contributed by atoms with Gasteiger partial charge in [-0.05, 0) is 31.4 Å². The number of fused-ring (bicyclic) bond motifs is 1. The largest absolute Gasteiger partial charge is 0.342 e. The second-order valence-corrected chi connectivity index (χ2v) is 6.42. The molecule has 0 spiro atoms. The van der Waals surface area contributed by atoms with Crippen LogP contribution in [0.15, 0.2) is 29.2 Å². The number of hydrogen-bond donors (Lipinski definition) is 0. The van der Waals surface area contributed by atoms with Crippen molar-refractivity contribution in [2.45, 2.75) is 29.9 Å². The third-order valence-electron chi connectivity index (χ3n) is 3.18. The molecule has 1 aliphatic rings. The van der Waals surface area contributed by atoms with Crippen LogP contribution in [-0.4, -0.2) is 34.5 Å². The quantitative estimate of drug-likeness (QED) is 0.773. The van der Waals surface area contributed by atoms with Crippen molar-refractivity contribution in [2.75, 3.05) is 18.4 Å². The summed E-state index contributed by atoms with van der Waals surface area (Å²) in [5, 5.41) is 1.03. The molecule has 0 saturated carbocycles. The first kappa shape index (κ1) is 13.9. The summed E-state index contributed by atoms with van der Waals surface area (Å²) >= 11 is 5.14. The molecule has 0 aliphatic carbocycles. The first-order valence-corrected chi connectivity index (χ1v) is 8.35. The number of carbonyl (C=O) groups is 1. The molecule has 2 rings (SSSR count). The highest BCUT2D eigenvalue weighted by Crippen LogP contribution is 2.37. The molecule has 1 aromatic rings. The number of nitrogens with zero attached hydrogens (tertiary/aromatic N) is 1. The molecule has 1 aromatic carbocycles. The van der Waals surface area contributed by atoms with Crippen molar-refractivity contribution in [1.29, 1.82) is 0 Å². The normalized spacial score (nSPS) is 17.6. The summed E-state index contributed by atoms with van der Waals surface area (Å²) in [6.07, 6.45) is 1.90. The summed E-state index contributed by atoms with van der Waals surface area (Å²) in [7, 11) is 0. The van der Waals surface area contributed by atoms with E-state index in [1.807, 2.05) is 11.0 Å². The summed E-state index contributed by atoms with van der Waals surface area (Å²) in [6, 6.07) is 8.34. The zero-order chi connectivity index (χ0) is 13.0. The molecule has 0 fully saturated rings. The predicted molar refractivity (Wildman–Crippen MR) is 80.5 cm³/mol. The van der Waals surface area contributed by atoms with E-state index in [4.69, 9.17) is 0 Å². The van der Waals surface area contributed by atoms with Crippen LogP contribution < -0.4 is 0 Å². The highest BCUT2D eigenvalue weighted by Gasteiger charge is 2.30. The minimum atomic E-state index is 0.0812. The first-order chi connectivity index (χ1) is 8.76. The topological polar surface area (TPSA) is 20.3 Å². The molecule has 0 radical (unpaired) electrons. The van der Waals surface area contributed by atoms with Crippen molar-refractivity contribution < 1.29 is 4.79 Å². The van der Waals surface area contributed by atoms with Crippen LogP contribution in [0.3, 0.4) is 0 Å². The Morgan fingerprint density at radius 3 is 2.94 bits per heavy atom. The second kappa shape index (κ2) is 6.62. The van der Waals surface area contributed by atoms with Crippen molar-refractivity contribution >= 4 is 33.6 Å². The van der Waals surface area contributed by atoms with Gasteiger partial charge in [0.15, 0.2) is 0 Å². The molecule has 0 aromatic heterocycles. The minimum Gasteiger partial charge on any atom is -0.342 e. The summed E-state index contributed by atoms with van der Waals surface area (Å²) in [4.78, 5) is 15.7. The fourth-order valence-corrected chi connectivity index (χ4v) is 3.73. The van der Waals surface area contributed by atoms with Crippen LogP contribution in [0.5, 0.6) is 0 Å². The maximum atomic E-state index is 12.4. The maximum absolute atomic E-state index is 12.4. The Bertz CT molecular complexity index is 399. The zero-order valence-corrected chi connectivity index (χ0v) is 13.0. The monoisotopic (exact) mass is 327 g/mol. The molecule has 0 bridgehead atoms. The van der Waals surface area contributed by atoms with E-state index >= 15 is 0 Å². The van der Waals surface area contributed by atoms with Crippen molar-refractivity contribution in [3.8, 4) is 0 Å². The molecule has 1 aliphatic heterocycles. The molecule has 0 saturated heterocycles. The standard InChI is InChI=1S/C14H18BrNOS/c1-2-16(9-5-8-15)14(17)13-10-11-6-3-4-7-12(11)18-13/h3-4,6-7,13H,2,5,8-10H2,1H3. The Kier molecular flexibility index (Phi) is 5.13. The molecular formula is C14H18BrNOS. The number of thioether (sulfide) groups is 1. The predicted octanol–water partition coefficient (Wildman–Crippen LogP) is 3.34. The molecule has 18 heavy (non-hydrogen) atoms. The molecule has 0 N–H and O–H groups in total. The van der Waals surface area contributed by atoms with Gasteiger partial charge in [0, 0.05) is 23.3 Å². The Morgan fingerprint density at radius 1 is 1.50 bits per heavy atom. The summed E-state index contributed by atoms with van der Waals surface area (Å²) in [6.45, 7) is 3.71. The van der Waals surface area contributed by atoms with E-state index in [0.717, 1.165) is 31.3 Å². The molecule has 98 valence electrons. The van der Waals surface area contributed by atoms with Gasteiger partial charge in [0.2, 0.25) is 5.91 Å². The van der Waals surface area contributed by atoms with E-state index < -0.39 is 0 Å². The van der Waals surface area contributed by atoms with Crippen LogP contribution in [0, 0.1) is 0 Å². The van der Waals surface area contributed by atoms with Crippen LogP contribution in [-0.2, 0) is 11.2 Å². The van der Waals surface area contributed by atoms with Gasteiger partial charge in [0.1, 0.15) is 0 Å². The molecular weight excluding hydrogens is 310 g/mol. The van der Waals surface area contributed by atoms with Gasteiger partial charge < -0.3 is 4.90 Å². The van der Waals surface area contributed by atoms with Gasteiger partial charge in [-0.3, -0.25) is 4.79 Å². The fraction of sp³-hybridized carbons (Fsp3) is 0.500. The fourth-order valence-electron chi connectivity index (χ4n) is 2.20. The third-order valence-corrected chi connectivity index (χ3v) is 5.04. The van der Waals surface area contributed by atoms with E-state index in [2.05, 4.69) is 41.1 Å². The number of rotatable bonds is 5. The summed E-state index contributed by atoms with van der Waals surface area (Å²) < 4.78 is 0. The highest BCUT2D eigenvalue weighted by molar-refractivity contribution is 9.09.